The van der Waals surface area contributed by atoms with Crippen molar-refractivity contribution in [3.05, 3.63) is 72.3 Å². The van der Waals surface area contributed by atoms with Crippen LogP contribution < -0.4 is 9.47 Å². The number of rotatable bonds is 5. The molecule has 0 atom stereocenters. The number of para-hydroxylation sites is 1. The fourth-order valence-electron chi connectivity index (χ4n) is 3.39. The van der Waals surface area contributed by atoms with E-state index in [0.29, 0.717) is 11.5 Å². The van der Waals surface area contributed by atoms with Gasteiger partial charge in [-0.3, -0.25) is 0 Å². The van der Waals surface area contributed by atoms with Gasteiger partial charge in [-0.1, -0.05) is 48.5 Å². The van der Waals surface area contributed by atoms with Crippen LogP contribution in [0.15, 0.2) is 66.7 Å². The Morgan fingerprint density at radius 2 is 1.73 bits per heavy atom. The Balaban J connectivity index is 2.01. The van der Waals surface area contributed by atoms with Crippen molar-refractivity contribution < 1.29 is 9.47 Å². The second-order valence-electron chi connectivity index (χ2n) is 6.06. The van der Waals surface area contributed by atoms with Crippen LogP contribution >= 0.6 is 0 Å². The molecule has 0 N–H and O–H groups in total. The predicted molar refractivity (Wildman–Crippen MR) is 103 cm³/mol. The van der Waals surface area contributed by atoms with Gasteiger partial charge in [0, 0.05) is 35.0 Å². The fraction of sp³-hybridized carbons (Fsp3) is 0.136. The Morgan fingerprint density at radius 3 is 2.50 bits per heavy atom. The standard InChI is InChI=1S/C22H18N2O2/c1-25-17-13-20-22(21(14-17)26-12-11-23)18-9-5-6-10-19(18)24(20)15-16-7-3-2-4-8-16/h2-10,13-14H,12,15H2,1H3. The molecule has 0 aliphatic heterocycles. The minimum Gasteiger partial charge on any atom is -0.497 e. The van der Waals surface area contributed by atoms with E-state index in [2.05, 4.69) is 28.8 Å². The SMILES string of the molecule is COc1cc(OCC#N)c2c3ccccc3n(Cc3ccccc3)c2c1. The minimum absolute atomic E-state index is 0.000456. The molecule has 3 aromatic carbocycles. The van der Waals surface area contributed by atoms with E-state index in [1.165, 1.54) is 5.56 Å². The molecule has 0 unspecified atom stereocenters. The van der Waals surface area contributed by atoms with Crippen molar-refractivity contribution in [1.29, 1.82) is 5.26 Å². The van der Waals surface area contributed by atoms with Crippen molar-refractivity contribution in [3.8, 4) is 17.6 Å². The van der Waals surface area contributed by atoms with Gasteiger partial charge >= 0.3 is 0 Å². The van der Waals surface area contributed by atoms with E-state index in [1.807, 2.05) is 48.5 Å². The zero-order chi connectivity index (χ0) is 17.9. The van der Waals surface area contributed by atoms with Gasteiger partial charge in [-0.05, 0) is 11.6 Å². The Bertz CT molecular complexity index is 1110. The molecule has 26 heavy (non-hydrogen) atoms. The summed E-state index contributed by atoms with van der Waals surface area (Å²) in [5.74, 6) is 1.38. The van der Waals surface area contributed by atoms with Crippen molar-refractivity contribution in [2.24, 2.45) is 0 Å². The Labute approximate surface area is 151 Å². The molecular formula is C22H18N2O2. The normalized spacial score (nSPS) is 10.8. The number of methoxy groups -OCH3 is 1. The first-order valence-electron chi connectivity index (χ1n) is 8.44. The highest BCUT2D eigenvalue weighted by Gasteiger charge is 2.16. The van der Waals surface area contributed by atoms with E-state index in [0.717, 1.165) is 28.4 Å². The van der Waals surface area contributed by atoms with Gasteiger partial charge in [0.1, 0.15) is 17.6 Å². The fourth-order valence-corrected chi connectivity index (χ4v) is 3.39. The summed E-state index contributed by atoms with van der Waals surface area (Å²) in [7, 11) is 1.64. The van der Waals surface area contributed by atoms with Crippen LogP contribution in [0.4, 0.5) is 0 Å². The Kier molecular flexibility index (Phi) is 4.20. The summed E-state index contributed by atoms with van der Waals surface area (Å²) in [6.07, 6.45) is 0. The molecule has 4 rings (SSSR count). The first kappa shape index (κ1) is 16.0. The number of nitriles is 1. The number of ether oxygens (including phenoxy) is 2. The summed E-state index contributed by atoms with van der Waals surface area (Å²) in [5.41, 5.74) is 3.38. The van der Waals surface area contributed by atoms with E-state index >= 15 is 0 Å². The summed E-state index contributed by atoms with van der Waals surface area (Å²) in [5, 5.41) is 11.0. The third-order valence-corrected chi connectivity index (χ3v) is 4.52. The van der Waals surface area contributed by atoms with Gasteiger partial charge in [0.15, 0.2) is 6.61 Å². The van der Waals surface area contributed by atoms with Crippen molar-refractivity contribution in [2.45, 2.75) is 6.54 Å². The van der Waals surface area contributed by atoms with Crippen LogP contribution in [0.5, 0.6) is 11.5 Å². The van der Waals surface area contributed by atoms with Gasteiger partial charge in [0.2, 0.25) is 0 Å². The van der Waals surface area contributed by atoms with Crippen LogP contribution in [0.25, 0.3) is 21.8 Å². The van der Waals surface area contributed by atoms with Crippen LogP contribution in [0.3, 0.4) is 0 Å². The van der Waals surface area contributed by atoms with E-state index in [9.17, 15) is 0 Å². The third-order valence-electron chi connectivity index (χ3n) is 4.52. The highest BCUT2D eigenvalue weighted by Crippen LogP contribution is 2.39. The average Bonchev–Trinajstić information content (AvgIpc) is 3.01. The molecule has 4 heteroatoms. The van der Waals surface area contributed by atoms with Crippen LogP contribution in [0.1, 0.15) is 5.56 Å². The molecule has 0 saturated heterocycles. The lowest BCUT2D eigenvalue weighted by Gasteiger charge is -2.10. The summed E-state index contributed by atoms with van der Waals surface area (Å²) in [6, 6.07) is 24.5. The number of nitrogens with zero attached hydrogens (tertiary/aromatic N) is 2. The van der Waals surface area contributed by atoms with Crippen molar-refractivity contribution in [1.82, 2.24) is 4.57 Å². The number of aromatic nitrogens is 1. The summed E-state index contributed by atoms with van der Waals surface area (Å²) in [4.78, 5) is 0. The van der Waals surface area contributed by atoms with Crippen molar-refractivity contribution in [2.75, 3.05) is 13.7 Å². The third kappa shape index (κ3) is 2.74. The lowest BCUT2D eigenvalue weighted by molar-refractivity contribution is 0.366. The molecule has 0 bridgehead atoms. The van der Waals surface area contributed by atoms with Crippen LogP contribution in [0.2, 0.25) is 0 Å². The zero-order valence-electron chi connectivity index (χ0n) is 14.5. The smallest absolute Gasteiger partial charge is 0.174 e. The molecule has 0 spiro atoms. The lowest BCUT2D eigenvalue weighted by Crippen LogP contribution is -2.00. The van der Waals surface area contributed by atoms with Crippen LogP contribution in [0, 0.1) is 11.3 Å². The maximum Gasteiger partial charge on any atom is 0.174 e. The first-order valence-corrected chi connectivity index (χ1v) is 8.44. The predicted octanol–water partition coefficient (Wildman–Crippen LogP) is 4.75. The highest BCUT2D eigenvalue weighted by atomic mass is 16.5. The molecule has 128 valence electrons. The summed E-state index contributed by atoms with van der Waals surface area (Å²) >= 11 is 0. The van der Waals surface area contributed by atoms with Crippen molar-refractivity contribution in [3.63, 3.8) is 0 Å². The summed E-state index contributed by atoms with van der Waals surface area (Å²) in [6.45, 7) is 0.746. The van der Waals surface area contributed by atoms with Gasteiger partial charge in [0.25, 0.3) is 0 Å². The monoisotopic (exact) mass is 342 g/mol. The molecule has 0 amide bonds. The maximum atomic E-state index is 8.93. The Morgan fingerprint density at radius 1 is 0.962 bits per heavy atom. The minimum atomic E-state index is 0.000456. The Hall–Kier alpha value is -3.45. The quantitative estimate of drug-likeness (QED) is 0.526. The molecule has 4 nitrogen and oxygen atoms in total. The molecule has 1 heterocycles. The number of fused-ring (bicyclic) bond motifs is 3. The maximum absolute atomic E-state index is 8.93. The topological polar surface area (TPSA) is 47.2 Å². The van der Waals surface area contributed by atoms with E-state index < -0.39 is 0 Å². The highest BCUT2D eigenvalue weighted by molar-refractivity contribution is 6.11. The van der Waals surface area contributed by atoms with Gasteiger partial charge in [0.05, 0.1) is 12.6 Å². The molecular weight excluding hydrogens is 324 g/mol. The zero-order valence-corrected chi connectivity index (χ0v) is 14.5. The second kappa shape index (κ2) is 6.81. The second-order valence-corrected chi connectivity index (χ2v) is 6.06. The van der Waals surface area contributed by atoms with E-state index in [-0.39, 0.29) is 6.61 Å². The van der Waals surface area contributed by atoms with Gasteiger partial charge in [-0.25, -0.2) is 0 Å². The first-order chi connectivity index (χ1) is 12.8. The molecule has 0 aliphatic rings. The van der Waals surface area contributed by atoms with Crippen LogP contribution in [-0.4, -0.2) is 18.3 Å². The van der Waals surface area contributed by atoms with E-state index in [1.54, 1.807) is 7.11 Å². The summed E-state index contributed by atoms with van der Waals surface area (Å²) < 4.78 is 13.5. The molecule has 1 aromatic heterocycles. The lowest BCUT2D eigenvalue weighted by atomic mass is 10.1. The number of benzene rings is 3. The number of hydrogen-bond donors (Lipinski definition) is 0. The largest absolute Gasteiger partial charge is 0.497 e. The van der Waals surface area contributed by atoms with Crippen molar-refractivity contribution >= 4 is 21.8 Å². The molecule has 0 saturated carbocycles. The van der Waals surface area contributed by atoms with Gasteiger partial charge in [-0.15, -0.1) is 0 Å². The van der Waals surface area contributed by atoms with Gasteiger partial charge < -0.3 is 14.0 Å². The molecule has 0 aliphatic carbocycles. The number of hydrogen-bond acceptors (Lipinski definition) is 3. The molecule has 0 fully saturated rings. The molecule has 0 radical (unpaired) electrons. The molecule has 4 aromatic rings. The van der Waals surface area contributed by atoms with Crippen LogP contribution in [-0.2, 0) is 6.54 Å². The van der Waals surface area contributed by atoms with Gasteiger partial charge in [-0.2, -0.15) is 5.26 Å². The van der Waals surface area contributed by atoms with E-state index in [4.69, 9.17) is 14.7 Å². The average molecular weight is 342 g/mol.